The molecule has 0 saturated carbocycles. The number of rotatable bonds is 9. The van der Waals surface area contributed by atoms with Crippen LogP contribution in [-0.4, -0.2) is 51.8 Å². The van der Waals surface area contributed by atoms with E-state index >= 15 is 0 Å². The van der Waals surface area contributed by atoms with Crippen molar-refractivity contribution in [2.75, 3.05) is 33.4 Å². The lowest BCUT2D eigenvalue weighted by Crippen LogP contribution is -2.08. The molecule has 1 N–H and O–H groups in total. The number of carbonyl (C=O) groups is 3. The van der Waals surface area contributed by atoms with Gasteiger partial charge in [0.1, 0.15) is 5.78 Å². The highest BCUT2D eigenvalue weighted by Crippen LogP contribution is 1.86. The lowest BCUT2D eigenvalue weighted by atomic mass is 10.2. The molecule has 0 aliphatic carbocycles. The molecular weight excluding hydrogens is 314 g/mol. The van der Waals surface area contributed by atoms with E-state index in [1.54, 1.807) is 20.8 Å². The van der Waals surface area contributed by atoms with Gasteiger partial charge in [-0.1, -0.05) is 20.8 Å². The van der Waals surface area contributed by atoms with Crippen LogP contribution in [0, 0.1) is 0 Å². The molecule has 0 unspecified atom stereocenters. The molecule has 0 aromatic rings. The van der Waals surface area contributed by atoms with Gasteiger partial charge >= 0.3 is 6.16 Å². The molecule has 0 aliphatic rings. The Labute approximate surface area is 147 Å². The van der Waals surface area contributed by atoms with Gasteiger partial charge < -0.3 is 24.3 Å². The quantitative estimate of drug-likeness (QED) is 0.387. The number of ether oxygens (including phenoxy) is 3. The van der Waals surface area contributed by atoms with E-state index in [1.807, 2.05) is 27.8 Å². The summed E-state index contributed by atoms with van der Waals surface area (Å²) in [5.74, 6) is 0.278. The van der Waals surface area contributed by atoms with Crippen molar-refractivity contribution in [3.63, 3.8) is 0 Å². The average Bonchev–Trinajstić information content (AvgIpc) is 2.56. The molecule has 7 nitrogen and oxygen atoms in total. The standard InChI is InChI=1S/C6H13NO.C5H10O3.C4H8O2.C2H6/c1-6(8)4-3-5-7-2;1-3-7-5(6)8-4-2;1-2-3-6-4-5;1-2/h7H,3-5H2,1-2H3;3-4H2,1-2H3;4H,2-3H2,1H3;1-2H3. The van der Waals surface area contributed by atoms with Crippen molar-refractivity contribution < 1.29 is 28.6 Å². The lowest BCUT2D eigenvalue weighted by molar-refractivity contribution is -0.128. The Morgan fingerprint density at radius 3 is 1.79 bits per heavy atom. The molecule has 0 bridgehead atoms. The van der Waals surface area contributed by atoms with Crippen LogP contribution in [0.5, 0.6) is 0 Å². The fraction of sp³-hybridized carbons (Fsp3) is 0.824. The summed E-state index contributed by atoms with van der Waals surface area (Å²) in [4.78, 5) is 29.8. The minimum Gasteiger partial charge on any atom is -0.468 e. The number of carbonyl (C=O) groups excluding carboxylic acids is 3. The largest absolute Gasteiger partial charge is 0.508 e. The van der Waals surface area contributed by atoms with Crippen molar-refractivity contribution in [3.8, 4) is 0 Å². The first-order valence-corrected chi connectivity index (χ1v) is 8.48. The van der Waals surface area contributed by atoms with Crippen LogP contribution >= 0.6 is 0 Å². The number of nitrogens with one attached hydrogen (secondary N) is 1. The van der Waals surface area contributed by atoms with Gasteiger partial charge in [0, 0.05) is 6.42 Å². The average molecular weight is 351 g/mol. The second kappa shape index (κ2) is 33.1. The van der Waals surface area contributed by atoms with Crippen LogP contribution in [0.4, 0.5) is 4.79 Å². The lowest BCUT2D eigenvalue weighted by Gasteiger charge is -1.98. The van der Waals surface area contributed by atoms with Gasteiger partial charge in [-0.15, -0.1) is 0 Å². The molecule has 146 valence electrons. The third-order valence-electron chi connectivity index (χ3n) is 1.87. The minimum absolute atomic E-state index is 0.278. The van der Waals surface area contributed by atoms with Crippen LogP contribution in [0.1, 0.15) is 60.8 Å². The molecule has 0 saturated heterocycles. The van der Waals surface area contributed by atoms with Crippen molar-refractivity contribution in [1.29, 1.82) is 0 Å². The Morgan fingerprint density at radius 2 is 1.54 bits per heavy atom. The molecule has 0 aromatic heterocycles. The predicted molar refractivity (Wildman–Crippen MR) is 96.1 cm³/mol. The first kappa shape index (κ1) is 30.3. The second-order valence-electron chi connectivity index (χ2n) is 3.99. The molecule has 7 heteroatoms. The maximum atomic E-state index is 10.3. The maximum Gasteiger partial charge on any atom is 0.508 e. The number of Topliss-reactive ketones (excluding diaryl/α,β-unsaturated/α-hetero) is 1. The zero-order valence-electron chi connectivity index (χ0n) is 16.5. The van der Waals surface area contributed by atoms with Crippen molar-refractivity contribution in [3.05, 3.63) is 0 Å². The van der Waals surface area contributed by atoms with Gasteiger partial charge in [0.05, 0.1) is 19.8 Å². The molecule has 0 spiro atoms. The van der Waals surface area contributed by atoms with Gasteiger partial charge in [0.25, 0.3) is 6.47 Å². The number of hydrogen-bond acceptors (Lipinski definition) is 7. The van der Waals surface area contributed by atoms with Crippen molar-refractivity contribution in [2.24, 2.45) is 0 Å². The van der Waals surface area contributed by atoms with E-state index in [0.717, 1.165) is 19.4 Å². The van der Waals surface area contributed by atoms with Gasteiger partial charge in [-0.05, 0) is 47.2 Å². The van der Waals surface area contributed by atoms with E-state index in [1.165, 1.54) is 0 Å². The van der Waals surface area contributed by atoms with E-state index in [9.17, 15) is 14.4 Å². The molecule has 0 radical (unpaired) electrons. The molecule has 0 amide bonds. The number of hydrogen-bond donors (Lipinski definition) is 1. The highest BCUT2D eigenvalue weighted by Gasteiger charge is 1.96. The van der Waals surface area contributed by atoms with E-state index in [0.29, 0.717) is 32.7 Å². The third kappa shape index (κ3) is 49.9. The maximum absolute atomic E-state index is 10.3. The van der Waals surface area contributed by atoms with E-state index in [4.69, 9.17) is 0 Å². The molecular formula is C17H37NO6. The fourth-order valence-corrected chi connectivity index (χ4v) is 0.957. The first-order valence-electron chi connectivity index (χ1n) is 8.48. The van der Waals surface area contributed by atoms with Crippen LogP contribution in [-0.2, 0) is 23.8 Å². The van der Waals surface area contributed by atoms with Crippen LogP contribution in [0.25, 0.3) is 0 Å². The second-order valence-corrected chi connectivity index (χ2v) is 3.99. The topological polar surface area (TPSA) is 90.9 Å². The summed E-state index contributed by atoms with van der Waals surface area (Å²) in [5, 5.41) is 2.97. The fourth-order valence-electron chi connectivity index (χ4n) is 0.957. The summed E-state index contributed by atoms with van der Waals surface area (Å²) in [6.45, 7) is 13.7. The summed E-state index contributed by atoms with van der Waals surface area (Å²) < 4.78 is 13.1. The van der Waals surface area contributed by atoms with Crippen LogP contribution in [0.15, 0.2) is 0 Å². The molecule has 0 heterocycles. The first-order chi connectivity index (χ1) is 11.5. The van der Waals surface area contributed by atoms with Gasteiger partial charge in [0.2, 0.25) is 0 Å². The van der Waals surface area contributed by atoms with Gasteiger partial charge in [-0.25, -0.2) is 4.79 Å². The highest BCUT2D eigenvalue weighted by atomic mass is 16.7. The molecule has 0 fully saturated rings. The summed E-state index contributed by atoms with van der Waals surface area (Å²) >= 11 is 0. The Kier molecular flexibility index (Phi) is 41.7. The van der Waals surface area contributed by atoms with Crippen molar-refractivity contribution in [1.82, 2.24) is 5.32 Å². The van der Waals surface area contributed by atoms with Crippen molar-refractivity contribution in [2.45, 2.75) is 60.8 Å². The highest BCUT2D eigenvalue weighted by molar-refractivity contribution is 5.75. The van der Waals surface area contributed by atoms with Crippen LogP contribution in [0.3, 0.4) is 0 Å². The minimum atomic E-state index is -0.588. The summed E-state index contributed by atoms with van der Waals surface area (Å²) in [6, 6.07) is 0. The third-order valence-corrected chi connectivity index (χ3v) is 1.87. The Balaban J connectivity index is -0.000000120. The zero-order chi connectivity index (χ0) is 19.6. The normalized spacial score (nSPS) is 7.96. The van der Waals surface area contributed by atoms with E-state index < -0.39 is 6.16 Å². The van der Waals surface area contributed by atoms with E-state index in [2.05, 4.69) is 19.5 Å². The van der Waals surface area contributed by atoms with Gasteiger partial charge in [-0.3, -0.25) is 4.79 Å². The Morgan fingerprint density at radius 1 is 1.04 bits per heavy atom. The number of ketones is 1. The van der Waals surface area contributed by atoms with Gasteiger partial charge in [0.15, 0.2) is 0 Å². The van der Waals surface area contributed by atoms with Crippen LogP contribution < -0.4 is 5.32 Å². The molecule has 0 aromatic carbocycles. The van der Waals surface area contributed by atoms with Crippen molar-refractivity contribution >= 4 is 18.4 Å². The monoisotopic (exact) mass is 351 g/mol. The smallest absolute Gasteiger partial charge is 0.468 e. The molecule has 0 aliphatic heterocycles. The van der Waals surface area contributed by atoms with E-state index in [-0.39, 0.29) is 5.78 Å². The Hall–Kier alpha value is -1.63. The zero-order valence-corrected chi connectivity index (χ0v) is 16.5. The predicted octanol–water partition coefficient (Wildman–Crippen LogP) is 3.35. The molecule has 0 rings (SSSR count). The summed E-state index contributed by atoms with van der Waals surface area (Å²) in [6.07, 6.45) is 1.99. The Bertz CT molecular complexity index is 251. The summed E-state index contributed by atoms with van der Waals surface area (Å²) in [7, 11) is 1.89. The molecule has 0 atom stereocenters. The van der Waals surface area contributed by atoms with Gasteiger partial charge in [-0.2, -0.15) is 0 Å². The summed E-state index contributed by atoms with van der Waals surface area (Å²) in [5.41, 5.74) is 0. The van der Waals surface area contributed by atoms with Crippen LogP contribution in [0.2, 0.25) is 0 Å². The SMILES string of the molecule is CC.CCCOC=O.CCOC(=O)OCC.CNCCCC(C)=O. The molecule has 24 heavy (non-hydrogen) atoms.